The summed E-state index contributed by atoms with van der Waals surface area (Å²) in [5, 5.41) is 6.04. The molecule has 4 nitrogen and oxygen atoms in total. The van der Waals surface area contributed by atoms with Crippen LogP contribution in [0.3, 0.4) is 0 Å². The average Bonchev–Trinajstić information content (AvgIpc) is 2.68. The number of nitrogens with two attached hydrogens (primary N) is 1. The van der Waals surface area contributed by atoms with Gasteiger partial charge in [0.1, 0.15) is 5.69 Å². The maximum absolute atomic E-state index is 13.3. The van der Waals surface area contributed by atoms with E-state index < -0.39 is 11.6 Å². The van der Waals surface area contributed by atoms with E-state index >= 15 is 0 Å². The van der Waals surface area contributed by atoms with Crippen LogP contribution in [0.15, 0.2) is 28.9 Å². The third kappa shape index (κ3) is 2.10. The Hall–Kier alpha value is -2.11. The molecular formula is C10H9F2N3O. The third-order valence-corrected chi connectivity index (χ3v) is 2.00. The minimum Gasteiger partial charge on any atom is -0.399 e. The van der Waals surface area contributed by atoms with Crippen molar-refractivity contribution in [1.82, 2.24) is 5.16 Å². The van der Waals surface area contributed by atoms with E-state index in [9.17, 15) is 8.78 Å². The molecular weight excluding hydrogens is 216 g/mol. The Morgan fingerprint density at radius 1 is 1.31 bits per heavy atom. The molecule has 0 bridgehead atoms. The van der Waals surface area contributed by atoms with Crippen molar-refractivity contribution in [3.63, 3.8) is 0 Å². The summed E-state index contributed by atoms with van der Waals surface area (Å²) in [6.45, 7) is 0.151. The maximum atomic E-state index is 13.3. The van der Waals surface area contributed by atoms with Crippen molar-refractivity contribution in [3.05, 3.63) is 41.8 Å². The molecule has 1 aromatic carbocycles. The van der Waals surface area contributed by atoms with Crippen LogP contribution in [0.25, 0.3) is 0 Å². The second-order valence-electron chi connectivity index (χ2n) is 3.19. The predicted molar refractivity (Wildman–Crippen MR) is 54.6 cm³/mol. The number of hydrogen-bond acceptors (Lipinski definition) is 4. The number of nitrogen functional groups attached to an aromatic ring is 1. The van der Waals surface area contributed by atoms with Gasteiger partial charge in [-0.25, -0.2) is 8.78 Å². The lowest BCUT2D eigenvalue weighted by molar-refractivity contribution is 0.387. The molecule has 0 unspecified atom stereocenters. The van der Waals surface area contributed by atoms with E-state index in [0.717, 1.165) is 12.1 Å². The SMILES string of the molecule is Nc1cc(F)c(NCc2ccno2)c(F)c1. The second-order valence-corrected chi connectivity index (χ2v) is 3.19. The first-order chi connectivity index (χ1) is 7.66. The van der Waals surface area contributed by atoms with Crippen LogP contribution in [-0.4, -0.2) is 5.16 Å². The molecule has 2 rings (SSSR count). The molecule has 2 aromatic rings. The molecule has 0 aliphatic rings. The highest BCUT2D eigenvalue weighted by Crippen LogP contribution is 2.22. The Morgan fingerprint density at radius 2 is 2.00 bits per heavy atom. The smallest absolute Gasteiger partial charge is 0.155 e. The maximum Gasteiger partial charge on any atom is 0.155 e. The molecule has 0 fully saturated rings. The van der Waals surface area contributed by atoms with Crippen LogP contribution >= 0.6 is 0 Å². The van der Waals surface area contributed by atoms with Gasteiger partial charge in [0, 0.05) is 11.8 Å². The van der Waals surface area contributed by atoms with Gasteiger partial charge in [0.2, 0.25) is 0 Å². The summed E-state index contributed by atoms with van der Waals surface area (Å²) in [7, 11) is 0. The van der Waals surface area contributed by atoms with E-state index in [1.54, 1.807) is 6.07 Å². The molecule has 0 saturated carbocycles. The zero-order valence-electron chi connectivity index (χ0n) is 8.21. The summed E-state index contributed by atoms with van der Waals surface area (Å²) >= 11 is 0. The fraction of sp³-hybridized carbons (Fsp3) is 0.100. The first kappa shape index (κ1) is 10.4. The van der Waals surface area contributed by atoms with Crippen LogP contribution in [0.1, 0.15) is 5.76 Å². The number of rotatable bonds is 3. The normalized spacial score (nSPS) is 10.4. The Kier molecular flexibility index (Phi) is 2.72. The van der Waals surface area contributed by atoms with E-state index in [2.05, 4.69) is 10.5 Å². The number of nitrogens with one attached hydrogen (secondary N) is 1. The van der Waals surface area contributed by atoms with Gasteiger partial charge in [-0.3, -0.25) is 0 Å². The number of halogens is 2. The summed E-state index contributed by atoms with van der Waals surface area (Å²) in [4.78, 5) is 0. The number of aromatic nitrogens is 1. The van der Waals surface area contributed by atoms with Crippen molar-refractivity contribution in [2.24, 2.45) is 0 Å². The fourth-order valence-electron chi connectivity index (χ4n) is 1.27. The van der Waals surface area contributed by atoms with Gasteiger partial charge < -0.3 is 15.6 Å². The van der Waals surface area contributed by atoms with Crippen LogP contribution in [0.5, 0.6) is 0 Å². The molecule has 0 aliphatic carbocycles. The quantitative estimate of drug-likeness (QED) is 0.785. The van der Waals surface area contributed by atoms with Gasteiger partial charge in [0.15, 0.2) is 17.4 Å². The predicted octanol–water partition coefficient (Wildman–Crippen LogP) is 2.15. The second kappa shape index (κ2) is 4.18. The zero-order valence-corrected chi connectivity index (χ0v) is 8.21. The van der Waals surface area contributed by atoms with Crippen LogP contribution < -0.4 is 11.1 Å². The number of nitrogens with zero attached hydrogens (tertiary/aromatic N) is 1. The lowest BCUT2D eigenvalue weighted by Crippen LogP contribution is -2.04. The first-order valence-corrected chi connectivity index (χ1v) is 4.55. The minimum absolute atomic E-state index is 0.0419. The molecule has 0 amide bonds. The standard InChI is InChI=1S/C10H9F2N3O/c11-8-3-6(13)4-9(12)10(8)14-5-7-1-2-15-16-7/h1-4,14H,5,13H2. The Bertz CT molecular complexity index is 462. The van der Waals surface area contributed by atoms with Gasteiger partial charge in [0.05, 0.1) is 12.7 Å². The molecule has 0 saturated heterocycles. The van der Waals surface area contributed by atoms with Crippen molar-refractivity contribution in [3.8, 4) is 0 Å². The summed E-state index contributed by atoms with van der Waals surface area (Å²) in [6.07, 6.45) is 1.45. The summed E-state index contributed by atoms with van der Waals surface area (Å²) in [5.74, 6) is -0.996. The Balaban J connectivity index is 2.15. The molecule has 0 spiro atoms. The summed E-state index contributed by atoms with van der Waals surface area (Å²) < 4.78 is 31.4. The molecule has 1 heterocycles. The summed E-state index contributed by atoms with van der Waals surface area (Å²) in [5.41, 5.74) is 5.09. The molecule has 16 heavy (non-hydrogen) atoms. The van der Waals surface area contributed by atoms with Crippen molar-refractivity contribution >= 4 is 11.4 Å². The number of anilines is 2. The molecule has 0 radical (unpaired) electrons. The van der Waals surface area contributed by atoms with Crippen LogP contribution in [0.4, 0.5) is 20.2 Å². The Morgan fingerprint density at radius 3 is 2.56 bits per heavy atom. The molecule has 6 heteroatoms. The van der Waals surface area contributed by atoms with Crippen LogP contribution in [-0.2, 0) is 6.54 Å². The van der Waals surface area contributed by atoms with Crippen molar-refractivity contribution in [1.29, 1.82) is 0 Å². The lowest BCUT2D eigenvalue weighted by atomic mass is 10.2. The minimum atomic E-state index is -0.739. The van der Waals surface area contributed by atoms with Crippen molar-refractivity contribution in [2.75, 3.05) is 11.1 Å². The van der Waals surface area contributed by atoms with E-state index in [0.29, 0.717) is 5.76 Å². The highest BCUT2D eigenvalue weighted by Gasteiger charge is 2.10. The molecule has 1 aromatic heterocycles. The van der Waals surface area contributed by atoms with E-state index in [-0.39, 0.29) is 17.9 Å². The van der Waals surface area contributed by atoms with Crippen LogP contribution in [0.2, 0.25) is 0 Å². The molecule has 0 atom stereocenters. The zero-order chi connectivity index (χ0) is 11.5. The number of benzene rings is 1. The van der Waals surface area contributed by atoms with Gasteiger partial charge >= 0.3 is 0 Å². The largest absolute Gasteiger partial charge is 0.399 e. The first-order valence-electron chi connectivity index (χ1n) is 4.55. The van der Waals surface area contributed by atoms with E-state index in [1.807, 2.05) is 0 Å². The van der Waals surface area contributed by atoms with Crippen molar-refractivity contribution in [2.45, 2.75) is 6.54 Å². The highest BCUT2D eigenvalue weighted by molar-refractivity contribution is 5.54. The van der Waals surface area contributed by atoms with Gasteiger partial charge in [-0.15, -0.1) is 0 Å². The third-order valence-electron chi connectivity index (χ3n) is 2.00. The monoisotopic (exact) mass is 225 g/mol. The van der Waals surface area contributed by atoms with Gasteiger partial charge in [-0.05, 0) is 12.1 Å². The highest BCUT2D eigenvalue weighted by atomic mass is 19.1. The van der Waals surface area contributed by atoms with Gasteiger partial charge in [-0.1, -0.05) is 5.16 Å². The fourth-order valence-corrected chi connectivity index (χ4v) is 1.27. The topological polar surface area (TPSA) is 64.1 Å². The van der Waals surface area contributed by atoms with Gasteiger partial charge in [-0.2, -0.15) is 0 Å². The number of hydrogen-bond donors (Lipinski definition) is 2. The summed E-state index contributed by atoms with van der Waals surface area (Å²) in [6, 6.07) is 3.69. The van der Waals surface area contributed by atoms with Gasteiger partial charge in [0.25, 0.3) is 0 Å². The average molecular weight is 225 g/mol. The Labute approximate surface area is 90.0 Å². The van der Waals surface area contributed by atoms with Crippen LogP contribution in [0, 0.1) is 11.6 Å². The van der Waals surface area contributed by atoms with Crippen molar-refractivity contribution < 1.29 is 13.3 Å². The lowest BCUT2D eigenvalue weighted by Gasteiger charge is -2.07. The molecule has 3 N–H and O–H groups in total. The van der Waals surface area contributed by atoms with E-state index in [1.165, 1.54) is 6.20 Å². The van der Waals surface area contributed by atoms with E-state index in [4.69, 9.17) is 10.3 Å². The molecule has 84 valence electrons. The molecule has 0 aliphatic heterocycles.